The van der Waals surface area contributed by atoms with Gasteiger partial charge in [-0.3, -0.25) is 4.79 Å². The largest absolute Gasteiger partial charge is 0.416 e. The Kier molecular flexibility index (Phi) is 9.26. The van der Waals surface area contributed by atoms with Crippen LogP contribution in [0.15, 0.2) is 29.2 Å². The molecule has 0 fully saturated rings. The fourth-order valence-corrected chi connectivity index (χ4v) is 2.67. The zero-order chi connectivity index (χ0) is 17.5. The highest BCUT2D eigenvalue weighted by Crippen LogP contribution is 2.30. The highest BCUT2D eigenvalue weighted by molar-refractivity contribution is 7.89. The third-order valence-electron chi connectivity index (χ3n) is 2.85. The fourth-order valence-electron chi connectivity index (χ4n) is 1.64. The zero-order valence-corrected chi connectivity index (χ0v) is 14.2. The van der Waals surface area contributed by atoms with Crippen LogP contribution in [-0.4, -0.2) is 34.0 Å². The Morgan fingerprint density at radius 1 is 1.21 bits per heavy atom. The Labute approximate surface area is 144 Å². The van der Waals surface area contributed by atoms with Crippen LogP contribution >= 0.6 is 12.4 Å². The Morgan fingerprint density at radius 2 is 1.88 bits per heavy atom. The number of nitrogens with one attached hydrogen (secondary N) is 2. The van der Waals surface area contributed by atoms with Crippen molar-refractivity contribution in [2.24, 2.45) is 5.73 Å². The molecule has 0 radical (unpaired) electrons. The Balaban J connectivity index is 0.00000529. The van der Waals surface area contributed by atoms with E-state index < -0.39 is 39.1 Å². The van der Waals surface area contributed by atoms with Crippen LogP contribution in [-0.2, 0) is 21.0 Å². The minimum Gasteiger partial charge on any atom is -0.355 e. The Hall–Kier alpha value is -1.36. The summed E-state index contributed by atoms with van der Waals surface area (Å²) in [6, 6.07) is 3.30. The lowest BCUT2D eigenvalue weighted by Crippen LogP contribution is -2.37. The number of halogens is 4. The number of hydrogen-bond acceptors (Lipinski definition) is 4. The van der Waals surface area contributed by atoms with E-state index in [1.165, 1.54) is 0 Å². The molecule has 0 saturated carbocycles. The summed E-state index contributed by atoms with van der Waals surface area (Å²) in [6.07, 6.45) is -3.27. The molecule has 6 nitrogen and oxygen atoms in total. The molecule has 11 heteroatoms. The van der Waals surface area contributed by atoms with Crippen molar-refractivity contribution in [2.75, 3.05) is 19.6 Å². The molecular weight excluding hydrogens is 371 g/mol. The SMILES string of the molecule is Cl.NCCCCNC(=O)CNS(=O)(=O)c1cccc(C(F)(F)F)c1. The third-order valence-corrected chi connectivity index (χ3v) is 4.25. The van der Waals surface area contributed by atoms with Crippen molar-refractivity contribution in [2.45, 2.75) is 23.9 Å². The first-order valence-electron chi connectivity index (χ1n) is 6.80. The van der Waals surface area contributed by atoms with Crippen LogP contribution in [0, 0.1) is 0 Å². The lowest BCUT2D eigenvalue weighted by Gasteiger charge is -2.10. The van der Waals surface area contributed by atoms with E-state index in [0.29, 0.717) is 25.6 Å². The molecule has 1 aromatic carbocycles. The molecule has 0 saturated heterocycles. The van der Waals surface area contributed by atoms with Crippen LogP contribution in [0.5, 0.6) is 0 Å². The van der Waals surface area contributed by atoms with E-state index in [-0.39, 0.29) is 12.4 Å². The van der Waals surface area contributed by atoms with Crippen molar-refractivity contribution in [3.63, 3.8) is 0 Å². The second kappa shape index (κ2) is 9.82. The van der Waals surface area contributed by atoms with Crippen molar-refractivity contribution < 1.29 is 26.4 Å². The molecule has 138 valence electrons. The van der Waals surface area contributed by atoms with Gasteiger partial charge in [0.15, 0.2) is 0 Å². The highest BCUT2D eigenvalue weighted by atomic mass is 35.5. The predicted octanol–water partition coefficient (Wildman–Crippen LogP) is 1.26. The fraction of sp³-hybridized carbons (Fsp3) is 0.462. The second-order valence-electron chi connectivity index (χ2n) is 4.70. The van der Waals surface area contributed by atoms with Gasteiger partial charge in [0.05, 0.1) is 17.0 Å². The number of unbranched alkanes of at least 4 members (excludes halogenated alkanes) is 1. The van der Waals surface area contributed by atoms with Crippen LogP contribution in [0.1, 0.15) is 18.4 Å². The minimum absolute atomic E-state index is 0. The van der Waals surface area contributed by atoms with E-state index in [9.17, 15) is 26.4 Å². The van der Waals surface area contributed by atoms with Crippen molar-refractivity contribution in [1.82, 2.24) is 10.0 Å². The lowest BCUT2D eigenvalue weighted by atomic mass is 10.2. The molecule has 1 aromatic rings. The summed E-state index contributed by atoms with van der Waals surface area (Å²) >= 11 is 0. The van der Waals surface area contributed by atoms with Gasteiger partial charge in [-0.25, -0.2) is 13.1 Å². The normalized spacial score (nSPS) is 11.7. The van der Waals surface area contributed by atoms with Gasteiger partial charge in [-0.05, 0) is 37.6 Å². The van der Waals surface area contributed by atoms with Crippen molar-refractivity contribution in [3.05, 3.63) is 29.8 Å². The average Bonchev–Trinajstić information content (AvgIpc) is 2.49. The van der Waals surface area contributed by atoms with E-state index in [1.54, 1.807) is 0 Å². The maximum Gasteiger partial charge on any atom is 0.416 e. The summed E-state index contributed by atoms with van der Waals surface area (Å²) in [5.74, 6) is -0.572. The molecule has 0 heterocycles. The van der Waals surface area contributed by atoms with Crippen LogP contribution in [0.2, 0.25) is 0 Å². The molecule has 0 unspecified atom stereocenters. The zero-order valence-electron chi connectivity index (χ0n) is 12.6. The van der Waals surface area contributed by atoms with Gasteiger partial charge in [-0.2, -0.15) is 13.2 Å². The average molecular weight is 390 g/mol. The number of sulfonamides is 1. The summed E-state index contributed by atoms with van der Waals surface area (Å²) in [5, 5.41) is 2.48. The number of amides is 1. The van der Waals surface area contributed by atoms with E-state index in [1.807, 2.05) is 4.72 Å². The van der Waals surface area contributed by atoms with E-state index in [4.69, 9.17) is 5.73 Å². The minimum atomic E-state index is -4.65. The number of carbonyl (C=O) groups is 1. The summed E-state index contributed by atoms with van der Waals surface area (Å²) in [4.78, 5) is 10.9. The standard InChI is InChI=1S/C13H18F3N3O3S.ClH/c14-13(15,16)10-4-3-5-11(8-10)23(21,22)19-9-12(20)18-7-2-1-6-17;/h3-5,8,19H,1-2,6-7,9,17H2,(H,18,20);1H. The third kappa shape index (κ3) is 7.47. The van der Waals surface area contributed by atoms with E-state index >= 15 is 0 Å². The molecule has 24 heavy (non-hydrogen) atoms. The highest BCUT2D eigenvalue weighted by Gasteiger charge is 2.31. The van der Waals surface area contributed by atoms with Gasteiger partial charge in [0, 0.05) is 6.54 Å². The Bertz CT molecular complexity index is 639. The predicted molar refractivity (Wildman–Crippen MR) is 85.2 cm³/mol. The number of carbonyl (C=O) groups excluding carboxylic acids is 1. The van der Waals surface area contributed by atoms with E-state index in [2.05, 4.69) is 5.32 Å². The van der Waals surface area contributed by atoms with Crippen molar-refractivity contribution in [3.8, 4) is 0 Å². The molecule has 0 atom stereocenters. The monoisotopic (exact) mass is 389 g/mol. The van der Waals surface area contributed by atoms with Crippen LogP contribution in [0.4, 0.5) is 13.2 Å². The van der Waals surface area contributed by atoms with Crippen molar-refractivity contribution in [1.29, 1.82) is 0 Å². The summed E-state index contributed by atoms with van der Waals surface area (Å²) < 4.78 is 63.5. The molecule has 1 amide bonds. The summed E-state index contributed by atoms with van der Waals surface area (Å²) in [5.41, 5.74) is 4.21. The molecule has 0 spiro atoms. The number of nitrogens with two attached hydrogens (primary N) is 1. The first-order valence-corrected chi connectivity index (χ1v) is 8.29. The van der Waals surface area contributed by atoms with Crippen LogP contribution in [0.3, 0.4) is 0 Å². The quantitative estimate of drug-likeness (QED) is 0.582. The van der Waals surface area contributed by atoms with Crippen molar-refractivity contribution >= 4 is 28.3 Å². The summed E-state index contributed by atoms with van der Waals surface area (Å²) in [7, 11) is -4.20. The second-order valence-corrected chi connectivity index (χ2v) is 6.46. The van der Waals surface area contributed by atoms with E-state index in [0.717, 1.165) is 24.6 Å². The first-order chi connectivity index (χ1) is 10.7. The topological polar surface area (TPSA) is 101 Å². The van der Waals surface area contributed by atoms with Gasteiger partial charge < -0.3 is 11.1 Å². The first kappa shape index (κ1) is 22.6. The number of rotatable bonds is 8. The molecule has 0 aromatic heterocycles. The molecule has 0 aliphatic rings. The van der Waals surface area contributed by atoms with Gasteiger partial charge in [0.1, 0.15) is 0 Å². The maximum atomic E-state index is 12.6. The van der Waals surface area contributed by atoms with Gasteiger partial charge in [-0.1, -0.05) is 6.07 Å². The Morgan fingerprint density at radius 3 is 2.46 bits per heavy atom. The van der Waals surface area contributed by atoms with Crippen LogP contribution < -0.4 is 15.8 Å². The molecule has 0 aliphatic heterocycles. The van der Waals surface area contributed by atoms with Gasteiger partial charge in [-0.15, -0.1) is 12.4 Å². The summed E-state index contributed by atoms with van der Waals surface area (Å²) in [6.45, 7) is 0.278. The van der Waals surface area contributed by atoms with Crippen LogP contribution in [0.25, 0.3) is 0 Å². The molecule has 4 N–H and O–H groups in total. The smallest absolute Gasteiger partial charge is 0.355 e. The molecule has 0 aliphatic carbocycles. The number of hydrogen-bond donors (Lipinski definition) is 3. The number of benzene rings is 1. The lowest BCUT2D eigenvalue weighted by molar-refractivity contribution is -0.137. The molecular formula is C13H19ClF3N3O3S. The maximum absolute atomic E-state index is 12.6. The number of alkyl halides is 3. The van der Waals surface area contributed by atoms with Gasteiger partial charge in [0.2, 0.25) is 15.9 Å². The molecule has 0 bridgehead atoms. The van der Waals surface area contributed by atoms with Gasteiger partial charge >= 0.3 is 6.18 Å². The molecule has 1 rings (SSSR count). The van der Waals surface area contributed by atoms with Gasteiger partial charge in [0.25, 0.3) is 0 Å².